The Morgan fingerprint density at radius 2 is 2.00 bits per heavy atom. The molecule has 1 fully saturated rings. The van der Waals surface area contributed by atoms with Gasteiger partial charge in [0.1, 0.15) is 0 Å². The molecule has 2 heterocycles. The first kappa shape index (κ1) is 15.3. The van der Waals surface area contributed by atoms with Crippen LogP contribution in [-0.4, -0.2) is 33.9 Å². The first-order chi connectivity index (χ1) is 11.0. The van der Waals surface area contributed by atoms with E-state index in [2.05, 4.69) is 10.2 Å². The Kier molecular flexibility index (Phi) is 3.91. The van der Waals surface area contributed by atoms with Gasteiger partial charge in [0, 0.05) is 6.54 Å². The Morgan fingerprint density at radius 3 is 2.61 bits per heavy atom. The standard InChI is InChI=1S/C15H14F2N4O2/c16-10-2-1-8(5-11(10)17)13-6-9(22)7-21(13)14-4-3-12(15(18)23)19-20-14/h1-5,9,13,22H,6-7H2,(H2,18,23)/t9-,13-/m0/s1. The number of aliphatic hydroxyl groups is 1. The van der Waals surface area contributed by atoms with Crippen LogP contribution in [0.15, 0.2) is 30.3 Å². The second-order valence-electron chi connectivity index (χ2n) is 5.37. The van der Waals surface area contributed by atoms with Crippen molar-refractivity contribution in [2.75, 3.05) is 11.4 Å². The number of aliphatic hydroxyl groups excluding tert-OH is 1. The maximum atomic E-state index is 13.5. The van der Waals surface area contributed by atoms with Crippen LogP contribution in [0.1, 0.15) is 28.5 Å². The summed E-state index contributed by atoms with van der Waals surface area (Å²) in [6, 6.07) is 6.24. The molecular formula is C15H14F2N4O2. The normalized spacial score (nSPS) is 20.7. The van der Waals surface area contributed by atoms with E-state index in [1.54, 1.807) is 11.0 Å². The first-order valence-electron chi connectivity index (χ1n) is 6.99. The van der Waals surface area contributed by atoms with Gasteiger partial charge in [-0.2, -0.15) is 0 Å². The highest BCUT2D eigenvalue weighted by atomic mass is 19.2. The van der Waals surface area contributed by atoms with Crippen LogP contribution < -0.4 is 10.6 Å². The van der Waals surface area contributed by atoms with Gasteiger partial charge >= 0.3 is 0 Å². The minimum Gasteiger partial charge on any atom is -0.391 e. The zero-order chi connectivity index (χ0) is 16.6. The molecule has 0 saturated carbocycles. The molecule has 2 atom stereocenters. The number of β-amino-alcohol motifs (C(OH)–C–C–N with tert-alkyl or cyclic N) is 1. The van der Waals surface area contributed by atoms with Crippen molar-refractivity contribution in [3.05, 3.63) is 53.2 Å². The zero-order valence-electron chi connectivity index (χ0n) is 12.0. The molecular weight excluding hydrogens is 306 g/mol. The van der Waals surface area contributed by atoms with Crippen LogP contribution >= 0.6 is 0 Å². The lowest BCUT2D eigenvalue weighted by molar-refractivity contribution is 0.0994. The van der Waals surface area contributed by atoms with Crippen molar-refractivity contribution >= 4 is 11.7 Å². The maximum absolute atomic E-state index is 13.5. The van der Waals surface area contributed by atoms with Crippen molar-refractivity contribution in [3.63, 3.8) is 0 Å². The van der Waals surface area contributed by atoms with Gasteiger partial charge in [0.25, 0.3) is 5.91 Å². The molecule has 1 saturated heterocycles. The van der Waals surface area contributed by atoms with Crippen LogP contribution in [0.5, 0.6) is 0 Å². The molecule has 6 nitrogen and oxygen atoms in total. The summed E-state index contributed by atoms with van der Waals surface area (Å²) < 4.78 is 26.6. The number of hydrogen-bond acceptors (Lipinski definition) is 5. The number of carbonyl (C=O) groups is 1. The Labute approximate surface area is 130 Å². The predicted octanol–water partition coefficient (Wildman–Crippen LogP) is 1.17. The van der Waals surface area contributed by atoms with Gasteiger partial charge in [0.05, 0.1) is 12.1 Å². The molecule has 3 rings (SSSR count). The Balaban J connectivity index is 1.92. The lowest BCUT2D eigenvalue weighted by Gasteiger charge is -2.25. The molecule has 1 aromatic carbocycles. The number of carbonyl (C=O) groups excluding carboxylic acids is 1. The molecule has 0 spiro atoms. The van der Waals surface area contributed by atoms with Gasteiger partial charge in [-0.1, -0.05) is 6.07 Å². The summed E-state index contributed by atoms with van der Waals surface area (Å²) in [5, 5.41) is 17.6. The quantitative estimate of drug-likeness (QED) is 0.885. The van der Waals surface area contributed by atoms with Gasteiger partial charge < -0.3 is 15.7 Å². The van der Waals surface area contributed by atoms with Gasteiger partial charge in [0.15, 0.2) is 23.1 Å². The van der Waals surface area contributed by atoms with Crippen LogP contribution in [0.25, 0.3) is 0 Å². The highest BCUT2D eigenvalue weighted by Crippen LogP contribution is 2.35. The van der Waals surface area contributed by atoms with Gasteiger partial charge in [-0.05, 0) is 36.2 Å². The number of nitrogens with two attached hydrogens (primary N) is 1. The second kappa shape index (κ2) is 5.88. The molecule has 2 aromatic rings. The molecule has 3 N–H and O–H groups in total. The fourth-order valence-corrected chi connectivity index (χ4v) is 2.71. The van der Waals surface area contributed by atoms with E-state index in [0.29, 0.717) is 17.8 Å². The van der Waals surface area contributed by atoms with Crippen LogP contribution in [0.2, 0.25) is 0 Å². The molecule has 0 aliphatic carbocycles. The van der Waals surface area contributed by atoms with Crippen molar-refractivity contribution < 1.29 is 18.7 Å². The maximum Gasteiger partial charge on any atom is 0.269 e. The third-order valence-electron chi connectivity index (χ3n) is 3.80. The summed E-state index contributed by atoms with van der Waals surface area (Å²) in [6.45, 7) is 0.272. The SMILES string of the molecule is NC(=O)c1ccc(N2C[C@@H](O)C[C@H]2c2ccc(F)c(F)c2)nn1. The number of aromatic nitrogens is 2. The van der Waals surface area contributed by atoms with E-state index >= 15 is 0 Å². The fourth-order valence-electron chi connectivity index (χ4n) is 2.71. The van der Waals surface area contributed by atoms with E-state index in [-0.39, 0.29) is 18.3 Å². The number of nitrogens with zero attached hydrogens (tertiary/aromatic N) is 3. The topological polar surface area (TPSA) is 92.3 Å². The molecule has 23 heavy (non-hydrogen) atoms. The molecule has 1 aliphatic heterocycles. The fraction of sp³-hybridized carbons (Fsp3) is 0.267. The molecule has 0 bridgehead atoms. The molecule has 8 heteroatoms. The molecule has 1 aliphatic rings. The summed E-state index contributed by atoms with van der Waals surface area (Å²) in [6.07, 6.45) is -0.282. The average molecular weight is 320 g/mol. The monoisotopic (exact) mass is 320 g/mol. The van der Waals surface area contributed by atoms with Crippen LogP contribution in [0, 0.1) is 11.6 Å². The summed E-state index contributed by atoms with van der Waals surface area (Å²) in [7, 11) is 0. The third kappa shape index (κ3) is 2.98. The number of amides is 1. The Morgan fingerprint density at radius 1 is 1.22 bits per heavy atom. The van der Waals surface area contributed by atoms with E-state index in [9.17, 15) is 18.7 Å². The highest BCUT2D eigenvalue weighted by Gasteiger charge is 2.33. The molecule has 0 radical (unpaired) electrons. The zero-order valence-corrected chi connectivity index (χ0v) is 12.0. The van der Waals surface area contributed by atoms with Gasteiger partial charge in [-0.25, -0.2) is 8.78 Å². The van der Waals surface area contributed by atoms with Crippen molar-refractivity contribution in [2.45, 2.75) is 18.6 Å². The minimum absolute atomic E-state index is 0.0258. The van der Waals surface area contributed by atoms with Crippen molar-refractivity contribution in [2.24, 2.45) is 5.73 Å². The third-order valence-corrected chi connectivity index (χ3v) is 3.80. The van der Waals surface area contributed by atoms with E-state index in [0.717, 1.165) is 12.1 Å². The van der Waals surface area contributed by atoms with Crippen LogP contribution in [0.4, 0.5) is 14.6 Å². The van der Waals surface area contributed by atoms with E-state index < -0.39 is 23.6 Å². The average Bonchev–Trinajstić information content (AvgIpc) is 2.92. The number of rotatable bonds is 3. The smallest absolute Gasteiger partial charge is 0.269 e. The van der Waals surface area contributed by atoms with E-state index in [4.69, 9.17) is 5.73 Å². The predicted molar refractivity (Wildman–Crippen MR) is 77.6 cm³/mol. The summed E-state index contributed by atoms with van der Waals surface area (Å²) >= 11 is 0. The van der Waals surface area contributed by atoms with Gasteiger partial charge in [-0.15, -0.1) is 10.2 Å². The number of benzene rings is 1. The van der Waals surface area contributed by atoms with Crippen LogP contribution in [0.3, 0.4) is 0 Å². The number of halogens is 2. The summed E-state index contributed by atoms with van der Waals surface area (Å²) in [4.78, 5) is 12.8. The van der Waals surface area contributed by atoms with Crippen molar-refractivity contribution in [3.8, 4) is 0 Å². The molecule has 1 amide bonds. The Hall–Kier alpha value is -2.61. The van der Waals surface area contributed by atoms with Crippen molar-refractivity contribution in [1.29, 1.82) is 0 Å². The van der Waals surface area contributed by atoms with Gasteiger partial charge in [0.2, 0.25) is 0 Å². The summed E-state index contributed by atoms with van der Waals surface area (Å²) in [5.41, 5.74) is 5.67. The van der Waals surface area contributed by atoms with E-state index in [1.807, 2.05) is 0 Å². The van der Waals surface area contributed by atoms with Crippen LogP contribution in [-0.2, 0) is 0 Å². The largest absolute Gasteiger partial charge is 0.391 e. The minimum atomic E-state index is -0.945. The number of hydrogen-bond donors (Lipinski definition) is 2. The molecule has 120 valence electrons. The van der Waals surface area contributed by atoms with Gasteiger partial charge in [-0.3, -0.25) is 4.79 Å². The summed E-state index contributed by atoms with van der Waals surface area (Å²) in [5.74, 6) is -2.15. The molecule has 0 unspecified atom stereocenters. The Bertz CT molecular complexity index is 739. The van der Waals surface area contributed by atoms with E-state index in [1.165, 1.54) is 12.1 Å². The first-order valence-corrected chi connectivity index (χ1v) is 6.99. The second-order valence-corrected chi connectivity index (χ2v) is 5.37. The lowest BCUT2D eigenvalue weighted by atomic mass is 10.0. The lowest BCUT2D eigenvalue weighted by Crippen LogP contribution is -2.26. The molecule has 1 aromatic heterocycles. The number of anilines is 1. The highest BCUT2D eigenvalue weighted by molar-refractivity contribution is 5.90. The van der Waals surface area contributed by atoms with Crippen molar-refractivity contribution in [1.82, 2.24) is 10.2 Å². The number of primary amides is 1.